The summed E-state index contributed by atoms with van der Waals surface area (Å²) in [5.74, 6) is 0.858. The van der Waals surface area contributed by atoms with E-state index >= 15 is 0 Å². The number of aliphatic imine (C=N–C) groups is 1. The van der Waals surface area contributed by atoms with Crippen molar-refractivity contribution in [1.29, 1.82) is 0 Å². The highest BCUT2D eigenvalue weighted by atomic mass is 16.5. The molecular formula is C16H31N3O3. The number of rotatable bonds is 9. The van der Waals surface area contributed by atoms with Crippen LogP contribution in [0.3, 0.4) is 0 Å². The summed E-state index contributed by atoms with van der Waals surface area (Å²) < 4.78 is 16.8. The SMILES string of the molecule is CN=C(NCCCOCC1CCCO1)NCCC1CCCO1. The Labute approximate surface area is 134 Å². The van der Waals surface area contributed by atoms with Gasteiger partial charge in [-0.3, -0.25) is 4.99 Å². The maximum absolute atomic E-state index is 5.64. The molecule has 0 saturated carbocycles. The van der Waals surface area contributed by atoms with E-state index in [-0.39, 0.29) is 0 Å². The second-order valence-corrected chi connectivity index (χ2v) is 5.91. The topological polar surface area (TPSA) is 64.1 Å². The van der Waals surface area contributed by atoms with Crippen LogP contribution in [0.15, 0.2) is 4.99 Å². The van der Waals surface area contributed by atoms with Crippen molar-refractivity contribution < 1.29 is 14.2 Å². The molecule has 22 heavy (non-hydrogen) atoms. The molecule has 128 valence electrons. The Hall–Kier alpha value is -0.850. The largest absolute Gasteiger partial charge is 0.379 e. The molecule has 2 aliphatic rings. The molecular weight excluding hydrogens is 282 g/mol. The minimum Gasteiger partial charge on any atom is -0.379 e. The van der Waals surface area contributed by atoms with Crippen LogP contribution in [0.2, 0.25) is 0 Å². The van der Waals surface area contributed by atoms with Gasteiger partial charge in [0.25, 0.3) is 0 Å². The third kappa shape index (κ3) is 6.94. The molecule has 6 heteroatoms. The molecule has 2 fully saturated rings. The van der Waals surface area contributed by atoms with Crippen LogP contribution < -0.4 is 10.6 Å². The Morgan fingerprint density at radius 2 is 1.82 bits per heavy atom. The Morgan fingerprint density at radius 3 is 2.50 bits per heavy atom. The maximum Gasteiger partial charge on any atom is 0.190 e. The summed E-state index contributed by atoms with van der Waals surface area (Å²) in [5, 5.41) is 6.64. The number of ether oxygens (including phenoxy) is 3. The van der Waals surface area contributed by atoms with Crippen molar-refractivity contribution in [3.63, 3.8) is 0 Å². The molecule has 0 spiro atoms. The van der Waals surface area contributed by atoms with Gasteiger partial charge >= 0.3 is 0 Å². The molecule has 0 bridgehead atoms. The van der Waals surface area contributed by atoms with E-state index in [1.54, 1.807) is 7.05 Å². The van der Waals surface area contributed by atoms with Crippen LogP contribution in [0, 0.1) is 0 Å². The first-order valence-electron chi connectivity index (χ1n) is 8.64. The summed E-state index contributed by atoms with van der Waals surface area (Å²) in [5.41, 5.74) is 0. The average Bonchev–Trinajstić information content (AvgIpc) is 3.22. The van der Waals surface area contributed by atoms with Gasteiger partial charge in [-0.05, 0) is 38.5 Å². The fraction of sp³-hybridized carbons (Fsp3) is 0.938. The van der Waals surface area contributed by atoms with E-state index in [1.165, 1.54) is 19.3 Å². The van der Waals surface area contributed by atoms with Gasteiger partial charge in [-0.15, -0.1) is 0 Å². The summed E-state index contributed by atoms with van der Waals surface area (Å²) in [6.45, 7) is 5.08. The van der Waals surface area contributed by atoms with E-state index in [0.29, 0.717) is 12.2 Å². The van der Waals surface area contributed by atoms with Gasteiger partial charge in [0, 0.05) is 40.0 Å². The van der Waals surface area contributed by atoms with E-state index in [0.717, 1.165) is 64.7 Å². The number of nitrogens with one attached hydrogen (secondary N) is 2. The number of guanidine groups is 1. The third-order valence-electron chi connectivity index (χ3n) is 4.09. The van der Waals surface area contributed by atoms with E-state index in [1.807, 2.05) is 0 Å². The zero-order chi connectivity index (χ0) is 15.5. The monoisotopic (exact) mass is 313 g/mol. The van der Waals surface area contributed by atoms with E-state index in [4.69, 9.17) is 14.2 Å². The normalized spacial score (nSPS) is 25.6. The lowest BCUT2D eigenvalue weighted by atomic mass is 10.2. The van der Waals surface area contributed by atoms with Crippen LogP contribution in [0.1, 0.15) is 38.5 Å². The first-order valence-corrected chi connectivity index (χ1v) is 8.64. The number of nitrogens with zero attached hydrogens (tertiary/aromatic N) is 1. The van der Waals surface area contributed by atoms with E-state index in [9.17, 15) is 0 Å². The molecule has 0 aromatic rings. The van der Waals surface area contributed by atoms with Crippen molar-refractivity contribution in [1.82, 2.24) is 10.6 Å². The fourth-order valence-corrected chi connectivity index (χ4v) is 2.82. The summed E-state index contributed by atoms with van der Waals surface area (Å²) >= 11 is 0. The fourth-order valence-electron chi connectivity index (χ4n) is 2.82. The predicted octanol–water partition coefficient (Wildman–Crippen LogP) is 1.31. The first kappa shape index (κ1) is 17.5. The second-order valence-electron chi connectivity index (χ2n) is 5.91. The smallest absolute Gasteiger partial charge is 0.190 e. The number of hydrogen-bond acceptors (Lipinski definition) is 4. The highest BCUT2D eigenvalue weighted by molar-refractivity contribution is 5.79. The maximum atomic E-state index is 5.64. The standard InChI is InChI=1S/C16H31N3O3/c1-17-16(19-9-7-14-5-2-11-21-14)18-8-4-10-20-13-15-6-3-12-22-15/h14-15H,2-13H2,1H3,(H2,17,18,19). The highest BCUT2D eigenvalue weighted by Crippen LogP contribution is 2.14. The quantitative estimate of drug-likeness (QED) is 0.382. The minimum absolute atomic E-state index is 0.320. The number of hydrogen-bond donors (Lipinski definition) is 2. The van der Waals surface area contributed by atoms with Gasteiger partial charge < -0.3 is 24.8 Å². The Kier molecular flexibility index (Phi) is 8.60. The summed E-state index contributed by atoms with van der Waals surface area (Å²) in [7, 11) is 1.80. The van der Waals surface area contributed by atoms with Crippen LogP contribution in [-0.2, 0) is 14.2 Å². The lowest BCUT2D eigenvalue weighted by molar-refractivity contribution is 0.0168. The van der Waals surface area contributed by atoms with Crippen molar-refractivity contribution in [2.24, 2.45) is 4.99 Å². The molecule has 2 rings (SSSR count). The molecule has 0 aromatic carbocycles. The van der Waals surface area contributed by atoms with E-state index < -0.39 is 0 Å². The molecule has 0 aromatic heterocycles. The van der Waals surface area contributed by atoms with Crippen LogP contribution in [-0.4, -0.2) is 64.7 Å². The molecule has 0 aliphatic carbocycles. The van der Waals surface area contributed by atoms with Crippen molar-refractivity contribution in [3.05, 3.63) is 0 Å². The van der Waals surface area contributed by atoms with Gasteiger partial charge in [0.1, 0.15) is 0 Å². The third-order valence-corrected chi connectivity index (χ3v) is 4.09. The van der Waals surface area contributed by atoms with Crippen LogP contribution >= 0.6 is 0 Å². The van der Waals surface area contributed by atoms with Crippen LogP contribution in [0.5, 0.6) is 0 Å². The van der Waals surface area contributed by atoms with E-state index in [2.05, 4.69) is 15.6 Å². The first-order chi connectivity index (χ1) is 10.9. The molecule has 2 saturated heterocycles. The Bertz CT molecular complexity index is 314. The van der Waals surface area contributed by atoms with Gasteiger partial charge in [-0.2, -0.15) is 0 Å². The molecule has 2 N–H and O–H groups in total. The molecule has 2 heterocycles. The Morgan fingerprint density at radius 1 is 1.09 bits per heavy atom. The highest BCUT2D eigenvalue weighted by Gasteiger charge is 2.15. The summed E-state index contributed by atoms with van der Waals surface area (Å²) in [6, 6.07) is 0. The minimum atomic E-state index is 0.320. The van der Waals surface area contributed by atoms with Crippen LogP contribution in [0.25, 0.3) is 0 Å². The van der Waals surface area contributed by atoms with Crippen molar-refractivity contribution in [3.8, 4) is 0 Å². The summed E-state index contributed by atoms with van der Waals surface area (Å²) in [4.78, 5) is 4.23. The van der Waals surface area contributed by atoms with Gasteiger partial charge in [0.15, 0.2) is 5.96 Å². The predicted molar refractivity (Wildman–Crippen MR) is 87.4 cm³/mol. The lowest BCUT2D eigenvalue weighted by Gasteiger charge is -2.14. The van der Waals surface area contributed by atoms with Crippen molar-refractivity contribution in [2.45, 2.75) is 50.7 Å². The molecule has 6 nitrogen and oxygen atoms in total. The Balaban J connectivity index is 1.42. The van der Waals surface area contributed by atoms with Crippen molar-refractivity contribution >= 4 is 5.96 Å². The van der Waals surface area contributed by atoms with Gasteiger partial charge in [-0.1, -0.05) is 0 Å². The average molecular weight is 313 g/mol. The molecule has 2 unspecified atom stereocenters. The zero-order valence-corrected chi connectivity index (χ0v) is 13.8. The second kappa shape index (κ2) is 10.8. The molecule has 2 aliphatic heterocycles. The summed E-state index contributed by atoms with van der Waals surface area (Å²) in [6.07, 6.45) is 7.46. The lowest BCUT2D eigenvalue weighted by Crippen LogP contribution is -2.39. The van der Waals surface area contributed by atoms with Gasteiger partial charge in [0.05, 0.1) is 18.8 Å². The molecule has 0 amide bonds. The van der Waals surface area contributed by atoms with Crippen molar-refractivity contribution in [2.75, 3.05) is 46.6 Å². The zero-order valence-electron chi connectivity index (χ0n) is 13.8. The van der Waals surface area contributed by atoms with Gasteiger partial charge in [-0.25, -0.2) is 0 Å². The van der Waals surface area contributed by atoms with Gasteiger partial charge in [0.2, 0.25) is 0 Å². The molecule has 2 atom stereocenters. The van der Waals surface area contributed by atoms with Crippen LogP contribution in [0.4, 0.5) is 0 Å². The molecule has 0 radical (unpaired) electrons.